The van der Waals surface area contributed by atoms with Crippen molar-refractivity contribution < 1.29 is 9.13 Å². The molecule has 100 valence electrons. The van der Waals surface area contributed by atoms with E-state index < -0.39 is 0 Å². The lowest BCUT2D eigenvalue weighted by Crippen LogP contribution is -2.32. The second-order valence-corrected chi connectivity index (χ2v) is 5.05. The molecule has 1 saturated heterocycles. The Balaban J connectivity index is 2.22. The predicted molar refractivity (Wildman–Crippen MR) is 71.1 cm³/mol. The maximum atomic E-state index is 13.5. The molecule has 1 aliphatic rings. The number of nitrogens with one attached hydrogen (secondary N) is 1. The van der Waals surface area contributed by atoms with E-state index in [4.69, 9.17) is 4.74 Å². The summed E-state index contributed by atoms with van der Waals surface area (Å²) in [7, 11) is 0. The summed E-state index contributed by atoms with van der Waals surface area (Å²) in [5.41, 5.74) is 2.06. The van der Waals surface area contributed by atoms with Gasteiger partial charge in [-0.05, 0) is 55.5 Å². The van der Waals surface area contributed by atoms with E-state index in [9.17, 15) is 4.39 Å². The minimum atomic E-state index is -0.139. The van der Waals surface area contributed by atoms with Gasteiger partial charge in [0.1, 0.15) is 5.82 Å². The van der Waals surface area contributed by atoms with Gasteiger partial charge < -0.3 is 10.1 Å². The van der Waals surface area contributed by atoms with Gasteiger partial charge >= 0.3 is 0 Å². The van der Waals surface area contributed by atoms with Crippen LogP contribution >= 0.6 is 0 Å². The largest absolute Gasteiger partial charge is 0.381 e. The van der Waals surface area contributed by atoms with E-state index in [-0.39, 0.29) is 11.9 Å². The molecule has 1 N–H and O–H groups in total. The van der Waals surface area contributed by atoms with Crippen LogP contribution in [0.15, 0.2) is 18.2 Å². The van der Waals surface area contributed by atoms with Gasteiger partial charge in [0.25, 0.3) is 0 Å². The molecule has 2 nitrogen and oxygen atoms in total. The highest BCUT2D eigenvalue weighted by Gasteiger charge is 2.25. The quantitative estimate of drug-likeness (QED) is 0.887. The summed E-state index contributed by atoms with van der Waals surface area (Å²) in [4.78, 5) is 0. The summed E-state index contributed by atoms with van der Waals surface area (Å²) in [5.74, 6) is 0.403. The predicted octanol–water partition coefficient (Wildman–Crippen LogP) is 3.21. The molecule has 2 rings (SSSR count). The van der Waals surface area contributed by atoms with E-state index in [1.165, 1.54) is 0 Å². The molecule has 0 amide bonds. The van der Waals surface area contributed by atoms with Crippen LogP contribution in [0.25, 0.3) is 0 Å². The first-order valence-electron chi connectivity index (χ1n) is 6.79. The summed E-state index contributed by atoms with van der Waals surface area (Å²) in [5, 5.41) is 3.50. The van der Waals surface area contributed by atoms with Gasteiger partial charge in [-0.2, -0.15) is 0 Å². The lowest BCUT2D eigenvalue weighted by Gasteiger charge is -2.31. The van der Waals surface area contributed by atoms with Crippen LogP contribution in [0.5, 0.6) is 0 Å². The summed E-state index contributed by atoms with van der Waals surface area (Å²) in [6.07, 6.45) is 2.10. The SMILES string of the molecule is CCNC(c1cc(C)cc(F)c1)C1CCOCC1. The molecule has 0 spiro atoms. The van der Waals surface area contributed by atoms with E-state index in [1.807, 2.05) is 6.92 Å². The van der Waals surface area contributed by atoms with Gasteiger partial charge in [0.2, 0.25) is 0 Å². The monoisotopic (exact) mass is 251 g/mol. The van der Waals surface area contributed by atoms with Crippen LogP contribution in [-0.2, 0) is 4.74 Å². The van der Waals surface area contributed by atoms with Crippen molar-refractivity contribution in [1.29, 1.82) is 0 Å². The zero-order chi connectivity index (χ0) is 13.0. The molecule has 1 unspecified atom stereocenters. The van der Waals surface area contributed by atoms with Gasteiger partial charge in [-0.25, -0.2) is 4.39 Å². The fourth-order valence-electron chi connectivity index (χ4n) is 2.77. The van der Waals surface area contributed by atoms with Crippen molar-refractivity contribution in [2.75, 3.05) is 19.8 Å². The third kappa shape index (κ3) is 3.30. The van der Waals surface area contributed by atoms with Crippen molar-refractivity contribution in [3.63, 3.8) is 0 Å². The Morgan fingerprint density at radius 3 is 2.67 bits per heavy atom. The summed E-state index contributed by atoms with van der Waals surface area (Å²) in [6, 6.07) is 5.58. The zero-order valence-electron chi connectivity index (χ0n) is 11.2. The van der Waals surface area contributed by atoms with Crippen LogP contribution in [0.4, 0.5) is 4.39 Å². The maximum absolute atomic E-state index is 13.5. The van der Waals surface area contributed by atoms with Crippen LogP contribution in [-0.4, -0.2) is 19.8 Å². The summed E-state index contributed by atoms with van der Waals surface area (Å²) in [6.45, 7) is 6.58. The Labute approximate surface area is 109 Å². The third-order valence-corrected chi connectivity index (χ3v) is 3.58. The summed E-state index contributed by atoms with van der Waals surface area (Å²) >= 11 is 0. The average Bonchev–Trinajstić information content (AvgIpc) is 2.36. The molecule has 1 heterocycles. The Morgan fingerprint density at radius 2 is 2.06 bits per heavy atom. The minimum absolute atomic E-state index is 0.139. The van der Waals surface area contributed by atoms with Gasteiger partial charge in [-0.15, -0.1) is 0 Å². The second kappa shape index (κ2) is 6.30. The molecule has 3 heteroatoms. The van der Waals surface area contributed by atoms with Crippen LogP contribution in [0, 0.1) is 18.7 Å². The zero-order valence-corrected chi connectivity index (χ0v) is 11.2. The molecule has 0 aliphatic carbocycles. The first kappa shape index (κ1) is 13.5. The van der Waals surface area contributed by atoms with Crippen LogP contribution in [0.1, 0.15) is 36.9 Å². The molecule has 1 aromatic rings. The highest BCUT2D eigenvalue weighted by atomic mass is 19.1. The Bertz CT molecular complexity index is 368. The fourth-order valence-corrected chi connectivity index (χ4v) is 2.77. The molecule has 0 aromatic heterocycles. The van der Waals surface area contributed by atoms with E-state index >= 15 is 0 Å². The minimum Gasteiger partial charge on any atom is -0.381 e. The Hall–Kier alpha value is -0.930. The average molecular weight is 251 g/mol. The molecule has 1 atom stereocenters. The fraction of sp³-hybridized carbons (Fsp3) is 0.600. The number of rotatable bonds is 4. The number of ether oxygens (including phenoxy) is 1. The molecular formula is C15H22FNO. The Kier molecular flexibility index (Phi) is 4.72. The molecule has 1 fully saturated rings. The van der Waals surface area contributed by atoms with Gasteiger partial charge in [-0.1, -0.05) is 13.0 Å². The molecule has 0 saturated carbocycles. The van der Waals surface area contributed by atoms with E-state index in [0.29, 0.717) is 5.92 Å². The first-order valence-corrected chi connectivity index (χ1v) is 6.79. The van der Waals surface area contributed by atoms with Gasteiger partial charge in [0, 0.05) is 19.3 Å². The summed E-state index contributed by atoms with van der Waals surface area (Å²) < 4.78 is 19.0. The molecule has 1 aliphatic heterocycles. The lowest BCUT2D eigenvalue weighted by atomic mass is 9.86. The molecule has 0 bridgehead atoms. The van der Waals surface area contributed by atoms with E-state index in [0.717, 1.165) is 43.7 Å². The normalized spacial score (nSPS) is 18.8. The number of hydrogen-bond donors (Lipinski definition) is 1. The van der Waals surface area contributed by atoms with Crippen LogP contribution in [0.2, 0.25) is 0 Å². The number of hydrogen-bond acceptors (Lipinski definition) is 2. The van der Waals surface area contributed by atoms with Crippen molar-refractivity contribution in [2.45, 2.75) is 32.7 Å². The molecular weight excluding hydrogens is 229 g/mol. The standard InChI is InChI=1S/C15H22FNO/c1-3-17-15(12-4-6-18-7-5-12)13-8-11(2)9-14(16)10-13/h8-10,12,15,17H,3-7H2,1-2H3. The van der Waals surface area contributed by atoms with Crippen molar-refractivity contribution in [2.24, 2.45) is 5.92 Å². The number of aryl methyl sites for hydroxylation is 1. The van der Waals surface area contributed by atoms with Gasteiger partial charge in [-0.3, -0.25) is 0 Å². The smallest absolute Gasteiger partial charge is 0.123 e. The topological polar surface area (TPSA) is 21.3 Å². The first-order chi connectivity index (χ1) is 8.70. The molecule has 0 radical (unpaired) electrons. The number of benzene rings is 1. The van der Waals surface area contributed by atoms with Gasteiger partial charge in [0.05, 0.1) is 0 Å². The van der Waals surface area contributed by atoms with Crippen molar-refractivity contribution in [3.05, 3.63) is 35.1 Å². The van der Waals surface area contributed by atoms with Gasteiger partial charge in [0.15, 0.2) is 0 Å². The number of halogens is 1. The maximum Gasteiger partial charge on any atom is 0.123 e. The third-order valence-electron chi connectivity index (χ3n) is 3.58. The van der Waals surface area contributed by atoms with Crippen LogP contribution in [0.3, 0.4) is 0 Å². The highest BCUT2D eigenvalue weighted by Crippen LogP contribution is 2.30. The van der Waals surface area contributed by atoms with E-state index in [2.05, 4.69) is 18.3 Å². The van der Waals surface area contributed by atoms with Crippen molar-refractivity contribution >= 4 is 0 Å². The Morgan fingerprint density at radius 1 is 1.33 bits per heavy atom. The van der Waals surface area contributed by atoms with Crippen LogP contribution < -0.4 is 5.32 Å². The lowest BCUT2D eigenvalue weighted by molar-refractivity contribution is 0.0538. The highest BCUT2D eigenvalue weighted by molar-refractivity contribution is 5.27. The van der Waals surface area contributed by atoms with E-state index in [1.54, 1.807) is 12.1 Å². The second-order valence-electron chi connectivity index (χ2n) is 5.05. The van der Waals surface area contributed by atoms with Crippen molar-refractivity contribution in [1.82, 2.24) is 5.32 Å². The molecule has 1 aromatic carbocycles. The van der Waals surface area contributed by atoms with Crippen molar-refractivity contribution in [3.8, 4) is 0 Å². The molecule has 18 heavy (non-hydrogen) atoms.